The number of anilines is 2. The Morgan fingerprint density at radius 1 is 0.794 bits per heavy atom. The first-order chi connectivity index (χ1) is 16.6. The second-order valence-corrected chi connectivity index (χ2v) is 9.86. The predicted octanol–water partition coefficient (Wildman–Crippen LogP) is 4.98. The van der Waals surface area contributed by atoms with Crippen LogP contribution in [0, 0.1) is 0 Å². The lowest BCUT2D eigenvalue weighted by molar-refractivity contribution is -0.116. The second-order valence-electron chi connectivity index (χ2n) is 8.44. The van der Waals surface area contributed by atoms with Gasteiger partial charge in [0, 0.05) is 43.3 Å². The van der Waals surface area contributed by atoms with E-state index in [0.29, 0.717) is 24.4 Å². The van der Waals surface area contributed by atoms with Gasteiger partial charge in [0.25, 0.3) is 5.91 Å². The summed E-state index contributed by atoms with van der Waals surface area (Å²) < 4.78 is 0. The third kappa shape index (κ3) is 4.65. The molecule has 5 rings (SSSR count). The van der Waals surface area contributed by atoms with Crippen LogP contribution >= 0.6 is 23.4 Å². The normalized spacial score (nSPS) is 15.4. The molecule has 0 aromatic heterocycles. The summed E-state index contributed by atoms with van der Waals surface area (Å²) >= 11 is 7.79. The van der Waals surface area contributed by atoms with E-state index in [1.54, 1.807) is 0 Å². The van der Waals surface area contributed by atoms with Crippen LogP contribution in [0.1, 0.15) is 15.9 Å². The number of thioether (sulfide) groups is 1. The fraction of sp³-hybridized carbons (Fsp3) is 0.259. The molecule has 0 unspecified atom stereocenters. The number of rotatable bonds is 5. The highest BCUT2D eigenvalue weighted by atomic mass is 35.5. The van der Waals surface area contributed by atoms with Crippen LogP contribution in [-0.2, 0) is 11.2 Å². The van der Waals surface area contributed by atoms with Gasteiger partial charge >= 0.3 is 0 Å². The molecule has 0 bridgehead atoms. The van der Waals surface area contributed by atoms with Crippen molar-refractivity contribution in [3.8, 4) is 0 Å². The summed E-state index contributed by atoms with van der Waals surface area (Å²) in [6, 6.07) is 23.5. The molecular formula is C27H26ClN3O2S. The zero-order valence-electron chi connectivity index (χ0n) is 18.8. The highest BCUT2D eigenvalue weighted by Crippen LogP contribution is 2.31. The van der Waals surface area contributed by atoms with E-state index in [2.05, 4.69) is 11.0 Å². The lowest BCUT2D eigenvalue weighted by atomic mass is 10.1. The van der Waals surface area contributed by atoms with Crippen molar-refractivity contribution in [3.05, 3.63) is 88.9 Å². The summed E-state index contributed by atoms with van der Waals surface area (Å²) in [6.07, 6.45) is 0.891. The molecule has 3 aromatic rings. The first-order valence-electron chi connectivity index (χ1n) is 11.5. The quantitative estimate of drug-likeness (QED) is 0.472. The molecule has 0 spiro atoms. The summed E-state index contributed by atoms with van der Waals surface area (Å²) in [4.78, 5) is 33.2. The van der Waals surface area contributed by atoms with E-state index in [1.807, 2.05) is 76.5 Å². The Morgan fingerprint density at radius 2 is 1.47 bits per heavy atom. The van der Waals surface area contributed by atoms with Crippen LogP contribution in [0.25, 0.3) is 0 Å². The van der Waals surface area contributed by atoms with E-state index in [4.69, 9.17) is 11.6 Å². The predicted molar refractivity (Wildman–Crippen MR) is 139 cm³/mol. The highest BCUT2D eigenvalue weighted by molar-refractivity contribution is 8.00. The Hall–Kier alpha value is -2.96. The van der Waals surface area contributed by atoms with Gasteiger partial charge in [0.05, 0.1) is 22.0 Å². The van der Waals surface area contributed by atoms with E-state index >= 15 is 0 Å². The van der Waals surface area contributed by atoms with Crippen molar-refractivity contribution in [2.45, 2.75) is 11.3 Å². The van der Waals surface area contributed by atoms with Gasteiger partial charge in [0.15, 0.2) is 0 Å². The lowest BCUT2D eigenvalue weighted by Crippen LogP contribution is -2.49. The van der Waals surface area contributed by atoms with Gasteiger partial charge < -0.3 is 14.7 Å². The zero-order chi connectivity index (χ0) is 23.5. The van der Waals surface area contributed by atoms with Gasteiger partial charge in [0.1, 0.15) is 0 Å². The van der Waals surface area contributed by atoms with Gasteiger partial charge in [-0.1, -0.05) is 54.1 Å². The molecule has 2 heterocycles. The summed E-state index contributed by atoms with van der Waals surface area (Å²) in [6.45, 7) is 3.45. The van der Waals surface area contributed by atoms with E-state index in [-0.39, 0.29) is 11.8 Å². The van der Waals surface area contributed by atoms with Crippen molar-refractivity contribution >= 4 is 46.6 Å². The second kappa shape index (κ2) is 10.1. The molecule has 1 saturated heterocycles. The molecule has 174 valence electrons. The molecule has 2 aliphatic heterocycles. The first kappa shape index (κ1) is 22.8. The summed E-state index contributed by atoms with van der Waals surface area (Å²) in [7, 11) is 0. The van der Waals surface area contributed by atoms with Crippen molar-refractivity contribution in [1.82, 2.24) is 4.90 Å². The average Bonchev–Trinajstić information content (AvgIpc) is 3.32. The number of carbonyl (C=O) groups is 2. The standard InChI is InChI=1S/C27H26ClN3O2S/c28-22-9-3-5-11-24(22)29-15-17-30(18-16-29)27(33)21-8-2-6-12-25(21)34-19-26(32)31-14-13-20-7-1-4-10-23(20)31/h1-12H,13-19H2. The molecule has 2 amide bonds. The van der Waals surface area contributed by atoms with E-state index < -0.39 is 0 Å². The van der Waals surface area contributed by atoms with Crippen molar-refractivity contribution in [2.75, 3.05) is 48.3 Å². The van der Waals surface area contributed by atoms with Gasteiger partial charge in [0.2, 0.25) is 5.91 Å². The molecule has 5 nitrogen and oxygen atoms in total. The fourth-order valence-corrected chi connectivity index (χ4v) is 5.79. The Bertz CT molecular complexity index is 1210. The smallest absolute Gasteiger partial charge is 0.255 e. The minimum absolute atomic E-state index is 0.0147. The highest BCUT2D eigenvalue weighted by Gasteiger charge is 2.27. The lowest BCUT2D eigenvalue weighted by Gasteiger charge is -2.36. The number of halogens is 1. The number of carbonyl (C=O) groups excluding carboxylic acids is 2. The monoisotopic (exact) mass is 491 g/mol. The number of piperazine rings is 1. The topological polar surface area (TPSA) is 43.9 Å². The molecule has 7 heteroatoms. The maximum atomic E-state index is 13.4. The number of para-hydroxylation sites is 2. The number of hydrogen-bond acceptors (Lipinski definition) is 4. The van der Waals surface area contributed by atoms with Crippen LogP contribution in [0.15, 0.2) is 77.7 Å². The summed E-state index contributed by atoms with van der Waals surface area (Å²) in [5.74, 6) is 0.394. The number of fused-ring (bicyclic) bond motifs is 1. The molecule has 0 saturated carbocycles. The average molecular weight is 492 g/mol. The third-order valence-corrected chi connectivity index (χ3v) is 7.79. The molecule has 0 radical (unpaired) electrons. The molecule has 3 aromatic carbocycles. The Morgan fingerprint density at radius 3 is 2.26 bits per heavy atom. The first-order valence-corrected chi connectivity index (χ1v) is 12.9. The Kier molecular flexibility index (Phi) is 6.79. The van der Waals surface area contributed by atoms with Gasteiger partial charge in [-0.25, -0.2) is 0 Å². The fourth-order valence-electron chi connectivity index (χ4n) is 4.61. The van der Waals surface area contributed by atoms with Crippen LogP contribution in [0.3, 0.4) is 0 Å². The third-order valence-electron chi connectivity index (χ3n) is 6.42. The largest absolute Gasteiger partial charge is 0.367 e. The number of hydrogen-bond donors (Lipinski definition) is 0. The Labute approximate surface area is 209 Å². The SMILES string of the molecule is O=C(c1ccccc1SCC(=O)N1CCc2ccccc21)N1CCN(c2ccccc2Cl)CC1. The van der Waals surface area contributed by atoms with Crippen LogP contribution in [0.4, 0.5) is 11.4 Å². The molecule has 0 atom stereocenters. The van der Waals surface area contributed by atoms with Crippen molar-refractivity contribution in [1.29, 1.82) is 0 Å². The van der Waals surface area contributed by atoms with Crippen molar-refractivity contribution < 1.29 is 9.59 Å². The van der Waals surface area contributed by atoms with Gasteiger partial charge in [-0.15, -0.1) is 11.8 Å². The van der Waals surface area contributed by atoms with E-state index in [9.17, 15) is 9.59 Å². The van der Waals surface area contributed by atoms with Gasteiger partial charge in [-0.05, 0) is 42.3 Å². The summed E-state index contributed by atoms with van der Waals surface area (Å²) in [5, 5.41) is 0.731. The number of amides is 2. The number of benzene rings is 3. The van der Waals surface area contributed by atoms with Crippen LogP contribution in [0.2, 0.25) is 5.02 Å². The van der Waals surface area contributed by atoms with Crippen molar-refractivity contribution in [2.24, 2.45) is 0 Å². The van der Waals surface area contributed by atoms with Crippen LogP contribution < -0.4 is 9.80 Å². The molecule has 34 heavy (non-hydrogen) atoms. The van der Waals surface area contributed by atoms with Crippen LogP contribution in [0.5, 0.6) is 0 Å². The molecular weight excluding hydrogens is 466 g/mol. The zero-order valence-corrected chi connectivity index (χ0v) is 20.4. The molecule has 2 aliphatic rings. The van der Waals surface area contributed by atoms with E-state index in [0.717, 1.165) is 47.3 Å². The number of nitrogens with zero attached hydrogens (tertiary/aromatic N) is 3. The molecule has 1 fully saturated rings. The van der Waals surface area contributed by atoms with Gasteiger partial charge in [-0.2, -0.15) is 0 Å². The maximum absolute atomic E-state index is 13.4. The van der Waals surface area contributed by atoms with Crippen molar-refractivity contribution in [3.63, 3.8) is 0 Å². The molecule has 0 N–H and O–H groups in total. The maximum Gasteiger partial charge on any atom is 0.255 e. The van der Waals surface area contributed by atoms with E-state index in [1.165, 1.54) is 17.3 Å². The minimum atomic E-state index is 0.0147. The summed E-state index contributed by atoms with van der Waals surface area (Å²) in [5.41, 5.74) is 3.89. The van der Waals surface area contributed by atoms with Crippen LogP contribution in [-0.4, -0.2) is 55.2 Å². The minimum Gasteiger partial charge on any atom is -0.367 e. The Balaban J connectivity index is 1.22. The van der Waals surface area contributed by atoms with Gasteiger partial charge in [-0.3, -0.25) is 9.59 Å². The molecule has 0 aliphatic carbocycles.